The van der Waals surface area contributed by atoms with Crippen molar-refractivity contribution in [1.82, 2.24) is 9.88 Å². The van der Waals surface area contributed by atoms with Gasteiger partial charge in [-0.2, -0.15) is 0 Å². The average molecular weight is 461 g/mol. The molecule has 6 nitrogen and oxygen atoms in total. The van der Waals surface area contributed by atoms with Crippen LogP contribution in [0, 0.1) is 11.8 Å². The number of hydrogen-bond acceptors (Lipinski definition) is 4. The van der Waals surface area contributed by atoms with Crippen LogP contribution in [-0.4, -0.2) is 33.7 Å². The molecule has 35 heavy (non-hydrogen) atoms. The molecule has 3 aliphatic carbocycles. The summed E-state index contributed by atoms with van der Waals surface area (Å²) in [6.07, 6.45) is 1.74. The molecule has 1 aliphatic heterocycles. The predicted octanol–water partition coefficient (Wildman–Crippen LogP) is 2.72. The largest absolute Gasteiger partial charge is 0.548 e. The maximum Gasteiger partial charge on any atom is 0.234 e. The number of rotatable bonds is 4. The van der Waals surface area contributed by atoms with Crippen LogP contribution in [0.15, 0.2) is 79.0 Å². The van der Waals surface area contributed by atoms with Gasteiger partial charge in [0.25, 0.3) is 0 Å². The Morgan fingerprint density at radius 1 is 0.800 bits per heavy atom. The number of aliphatic carboxylic acids is 1. The van der Waals surface area contributed by atoms with Gasteiger partial charge < -0.3 is 14.9 Å². The quantitative estimate of drug-likeness (QED) is 0.473. The Hall–Kier alpha value is -4.19. The third-order valence-electron chi connectivity index (χ3n) is 8.15. The summed E-state index contributed by atoms with van der Waals surface area (Å²) in [5.41, 5.74) is 5.84. The number of imide groups is 1. The van der Waals surface area contributed by atoms with Gasteiger partial charge in [-0.1, -0.05) is 66.7 Å². The van der Waals surface area contributed by atoms with E-state index < -0.39 is 35.7 Å². The fourth-order valence-corrected chi connectivity index (χ4v) is 6.80. The van der Waals surface area contributed by atoms with E-state index in [9.17, 15) is 19.5 Å². The third-order valence-corrected chi connectivity index (χ3v) is 8.15. The van der Waals surface area contributed by atoms with Crippen molar-refractivity contribution in [3.63, 3.8) is 0 Å². The molecule has 1 aromatic heterocycles. The molecular formula is C29H21N2O4-. The first-order valence-electron chi connectivity index (χ1n) is 11.9. The Bertz CT molecular complexity index is 1440. The van der Waals surface area contributed by atoms with Crippen LogP contribution < -0.4 is 5.11 Å². The number of carboxylic acid groups (broad SMARTS) is 1. The molecule has 4 aromatic rings. The zero-order valence-electron chi connectivity index (χ0n) is 18.7. The highest BCUT2D eigenvalue weighted by atomic mass is 16.4. The van der Waals surface area contributed by atoms with E-state index in [-0.39, 0.29) is 18.3 Å². The van der Waals surface area contributed by atoms with Crippen molar-refractivity contribution in [3.05, 3.63) is 107 Å². The van der Waals surface area contributed by atoms with Crippen molar-refractivity contribution in [1.29, 1.82) is 0 Å². The van der Waals surface area contributed by atoms with Crippen LogP contribution in [0.25, 0.3) is 10.9 Å². The van der Waals surface area contributed by atoms with Crippen LogP contribution in [0.1, 0.15) is 39.7 Å². The second kappa shape index (κ2) is 7.15. The maximum absolute atomic E-state index is 13.9. The lowest BCUT2D eigenvalue weighted by molar-refractivity contribution is -0.310. The van der Waals surface area contributed by atoms with Crippen molar-refractivity contribution in [2.75, 3.05) is 0 Å². The molecule has 0 radical (unpaired) electrons. The minimum atomic E-state index is -1.42. The molecule has 8 rings (SSSR count). The molecule has 2 heterocycles. The first-order valence-corrected chi connectivity index (χ1v) is 11.9. The molecule has 0 saturated carbocycles. The number of aromatic nitrogens is 1. The molecule has 1 N–H and O–H groups in total. The second-order valence-electron chi connectivity index (χ2n) is 9.71. The van der Waals surface area contributed by atoms with Crippen LogP contribution in [0.4, 0.5) is 0 Å². The number of nitrogens with zero attached hydrogens (tertiary/aromatic N) is 1. The van der Waals surface area contributed by atoms with Crippen LogP contribution in [0.5, 0.6) is 0 Å². The summed E-state index contributed by atoms with van der Waals surface area (Å²) < 4.78 is 0. The van der Waals surface area contributed by atoms with E-state index in [4.69, 9.17) is 0 Å². The lowest BCUT2D eigenvalue weighted by Gasteiger charge is -2.45. The number of para-hydroxylation sites is 1. The van der Waals surface area contributed by atoms with Gasteiger partial charge in [-0.3, -0.25) is 14.5 Å². The van der Waals surface area contributed by atoms with E-state index in [2.05, 4.69) is 4.98 Å². The number of fused-ring (bicyclic) bond motifs is 1. The van der Waals surface area contributed by atoms with Gasteiger partial charge in [0.1, 0.15) is 0 Å². The molecule has 1 fully saturated rings. The van der Waals surface area contributed by atoms with Gasteiger partial charge in [0.15, 0.2) is 0 Å². The molecule has 3 atom stereocenters. The summed E-state index contributed by atoms with van der Waals surface area (Å²) in [4.78, 5) is 44.3. The molecule has 3 unspecified atom stereocenters. The smallest absolute Gasteiger partial charge is 0.234 e. The van der Waals surface area contributed by atoms with Crippen molar-refractivity contribution >= 4 is 28.7 Å². The van der Waals surface area contributed by atoms with Crippen LogP contribution >= 0.6 is 0 Å². The molecule has 172 valence electrons. The zero-order chi connectivity index (χ0) is 23.8. The van der Waals surface area contributed by atoms with Crippen molar-refractivity contribution in [3.8, 4) is 0 Å². The third kappa shape index (κ3) is 2.62. The average Bonchev–Trinajstić information content (AvgIpc) is 3.41. The lowest BCUT2D eigenvalue weighted by Crippen LogP contribution is -2.52. The van der Waals surface area contributed by atoms with E-state index >= 15 is 0 Å². The summed E-state index contributed by atoms with van der Waals surface area (Å²) in [6, 6.07) is 22.1. The predicted molar refractivity (Wildman–Crippen MR) is 126 cm³/mol. The highest BCUT2D eigenvalue weighted by Gasteiger charge is 2.62. The van der Waals surface area contributed by atoms with E-state index in [1.807, 2.05) is 72.8 Å². The van der Waals surface area contributed by atoms with Crippen molar-refractivity contribution in [2.45, 2.75) is 24.3 Å². The highest BCUT2D eigenvalue weighted by Crippen LogP contribution is 2.61. The normalized spacial score (nSPS) is 24.9. The summed E-state index contributed by atoms with van der Waals surface area (Å²) in [5, 5.41) is 13.3. The molecule has 2 amide bonds. The summed E-state index contributed by atoms with van der Waals surface area (Å²) >= 11 is 0. The molecule has 1 saturated heterocycles. The number of H-pyrrole nitrogens is 1. The number of carbonyl (C=O) groups excluding carboxylic acids is 3. The fourth-order valence-electron chi connectivity index (χ4n) is 6.80. The number of likely N-dealkylation sites (tertiary alicyclic amines) is 1. The zero-order valence-corrected chi connectivity index (χ0v) is 18.7. The Morgan fingerprint density at radius 2 is 1.29 bits per heavy atom. The number of carbonyl (C=O) groups is 3. The van der Waals surface area contributed by atoms with E-state index in [0.29, 0.717) is 0 Å². The van der Waals surface area contributed by atoms with Crippen molar-refractivity contribution in [2.24, 2.45) is 11.8 Å². The van der Waals surface area contributed by atoms with Crippen LogP contribution in [0.3, 0.4) is 0 Å². The van der Waals surface area contributed by atoms with Crippen LogP contribution in [0.2, 0.25) is 0 Å². The number of carboxylic acids is 1. The van der Waals surface area contributed by atoms with Gasteiger partial charge in [-0.25, -0.2) is 0 Å². The van der Waals surface area contributed by atoms with Crippen molar-refractivity contribution < 1.29 is 19.5 Å². The van der Waals surface area contributed by atoms with Crippen LogP contribution in [-0.2, 0) is 20.8 Å². The molecule has 6 heteroatoms. The molecule has 0 spiro atoms. The molecule has 3 aromatic carbocycles. The highest BCUT2D eigenvalue weighted by molar-refractivity contribution is 6.10. The first kappa shape index (κ1) is 20.2. The Kier molecular flexibility index (Phi) is 4.13. The topological polar surface area (TPSA) is 93.3 Å². The standard InChI is InChI=1S/C29H22N2O4/c32-27-25-23-17-8-1-2-9-18(17)24(20-11-4-3-10-19(20)23)26(25)28(33)31(27)22(29(34)35)13-15-14-30-21-12-6-5-7-16(15)21/h1-12,14,22-26,30H,13H2,(H,34,35)/p-1. The number of benzene rings is 3. The lowest BCUT2D eigenvalue weighted by atomic mass is 9.55. The van der Waals surface area contributed by atoms with Gasteiger partial charge in [0.05, 0.1) is 23.8 Å². The van der Waals surface area contributed by atoms with E-state index in [0.717, 1.165) is 43.6 Å². The summed E-state index contributed by atoms with van der Waals surface area (Å²) in [7, 11) is 0. The van der Waals surface area contributed by atoms with Gasteiger partial charge in [0, 0.05) is 35.4 Å². The summed E-state index contributed by atoms with van der Waals surface area (Å²) in [5.74, 6) is -3.99. The first-order chi connectivity index (χ1) is 17.1. The maximum atomic E-state index is 13.9. The van der Waals surface area contributed by atoms with Gasteiger partial charge >= 0.3 is 0 Å². The van der Waals surface area contributed by atoms with Gasteiger partial charge in [-0.15, -0.1) is 0 Å². The van der Waals surface area contributed by atoms with E-state index in [1.54, 1.807) is 6.20 Å². The molecule has 4 aliphatic rings. The Morgan fingerprint density at radius 3 is 1.80 bits per heavy atom. The fraction of sp³-hybridized carbons (Fsp3) is 0.207. The monoisotopic (exact) mass is 461 g/mol. The Balaban J connectivity index is 1.34. The SMILES string of the molecule is O=C([O-])C(Cc1c[nH]c2ccccc12)N1C(=O)C2C3c4ccccc4C(c4ccccc43)C2C1=O. The molecule has 2 bridgehead atoms. The minimum Gasteiger partial charge on any atom is -0.548 e. The number of nitrogens with one attached hydrogen (secondary N) is 1. The van der Waals surface area contributed by atoms with Gasteiger partial charge in [-0.05, 0) is 33.9 Å². The van der Waals surface area contributed by atoms with E-state index in [1.165, 1.54) is 0 Å². The Labute approximate surface area is 201 Å². The number of aromatic amines is 1. The summed E-state index contributed by atoms with van der Waals surface area (Å²) in [6.45, 7) is 0. The van der Waals surface area contributed by atoms with Gasteiger partial charge in [0.2, 0.25) is 11.8 Å². The number of amides is 2. The minimum absolute atomic E-state index is 0.00149. The number of hydrogen-bond donors (Lipinski definition) is 1. The molecular weight excluding hydrogens is 440 g/mol. The second-order valence-corrected chi connectivity index (χ2v) is 9.71.